The third-order valence-electron chi connectivity index (χ3n) is 4.14. The summed E-state index contributed by atoms with van der Waals surface area (Å²) in [5.41, 5.74) is 2.46. The van der Waals surface area contributed by atoms with E-state index in [4.69, 9.17) is 0 Å². The second-order valence-corrected chi connectivity index (χ2v) is 7.05. The van der Waals surface area contributed by atoms with Crippen molar-refractivity contribution in [3.05, 3.63) is 66.2 Å². The number of hydrogen-bond donors (Lipinski definition) is 0. The van der Waals surface area contributed by atoms with Crippen molar-refractivity contribution in [2.45, 2.75) is 12.2 Å². The molecule has 1 heterocycles. The minimum absolute atomic E-state index is 0.369. The molecule has 2 aromatic carbocycles. The van der Waals surface area contributed by atoms with Crippen LogP contribution in [-0.4, -0.2) is 27.4 Å². The summed E-state index contributed by atoms with van der Waals surface area (Å²) in [4.78, 5) is 4.01. The highest BCUT2D eigenvalue weighted by atomic mass is 32.2. The molecule has 2 aromatic rings. The largest absolute Gasteiger partial charge is 0.772 e. The molecular formula is C18H18FN2O2S-. The van der Waals surface area contributed by atoms with Crippen molar-refractivity contribution in [1.29, 1.82) is 0 Å². The summed E-state index contributed by atoms with van der Waals surface area (Å²) in [5, 5.41) is -0.706. The third kappa shape index (κ3) is 3.20. The van der Waals surface area contributed by atoms with Crippen molar-refractivity contribution in [2.75, 3.05) is 18.6 Å². The molecule has 2 unspecified atom stereocenters. The maximum atomic E-state index is 14.5. The first-order valence-corrected chi connectivity index (χ1v) is 8.73. The van der Waals surface area contributed by atoms with Crippen LogP contribution in [0.5, 0.6) is 0 Å². The molecule has 0 fully saturated rings. The minimum Gasteiger partial charge on any atom is -0.772 e. The van der Waals surface area contributed by atoms with Gasteiger partial charge in [0.2, 0.25) is 0 Å². The highest BCUT2D eigenvalue weighted by Crippen LogP contribution is 2.34. The summed E-state index contributed by atoms with van der Waals surface area (Å²) in [5.74, 6) is -0.369. The maximum Gasteiger partial charge on any atom is 0.131 e. The molecule has 24 heavy (non-hydrogen) atoms. The molecule has 1 aliphatic rings. The van der Waals surface area contributed by atoms with E-state index in [1.165, 1.54) is 6.07 Å². The summed E-state index contributed by atoms with van der Waals surface area (Å²) in [6, 6.07) is 11.9. The molecule has 0 saturated heterocycles. The SMILES string of the molecule is CC(c1ccccc1-c1cc(N2C=CN(C)C2)ccc1F)S(=O)[O-]. The topological polar surface area (TPSA) is 46.6 Å². The van der Waals surface area contributed by atoms with E-state index in [2.05, 4.69) is 0 Å². The van der Waals surface area contributed by atoms with Crippen LogP contribution in [0.4, 0.5) is 10.1 Å². The molecule has 0 aliphatic carbocycles. The van der Waals surface area contributed by atoms with Crippen molar-refractivity contribution in [2.24, 2.45) is 0 Å². The van der Waals surface area contributed by atoms with Crippen molar-refractivity contribution >= 4 is 16.8 Å². The first-order valence-electron chi connectivity index (χ1n) is 7.59. The van der Waals surface area contributed by atoms with Gasteiger partial charge in [-0.2, -0.15) is 0 Å². The summed E-state index contributed by atoms with van der Waals surface area (Å²) in [7, 11) is 1.96. The molecule has 0 aromatic heterocycles. The zero-order valence-corrected chi connectivity index (χ0v) is 14.3. The quantitative estimate of drug-likeness (QED) is 0.794. The van der Waals surface area contributed by atoms with Crippen LogP contribution in [0, 0.1) is 5.82 Å². The Hall–Kier alpha value is -2.18. The molecule has 0 N–H and O–H groups in total. The van der Waals surface area contributed by atoms with Gasteiger partial charge in [0.1, 0.15) is 5.82 Å². The van der Waals surface area contributed by atoms with Gasteiger partial charge < -0.3 is 14.4 Å². The predicted molar refractivity (Wildman–Crippen MR) is 93.4 cm³/mol. The number of anilines is 1. The fourth-order valence-corrected chi connectivity index (χ4v) is 3.21. The lowest BCUT2D eigenvalue weighted by Crippen LogP contribution is -2.21. The van der Waals surface area contributed by atoms with E-state index in [0.717, 1.165) is 5.69 Å². The van der Waals surface area contributed by atoms with Crippen LogP contribution in [0.25, 0.3) is 11.1 Å². The van der Waals surface area contributed by atoms with Crippen LogP contribution >= 0.6 is 0 Å². The van der Waals surface area contributed by atoms with E-state index in [9.17, 15) is 13.2 Å². The van der Waals surface area contributed by atoms with Crippen LogP contribution in [0.15, 0.2) is 54.9 Å². The van der Waals surface area contributed by atoms with E-state index < -0.39 is 16.3 Å². The highest BCUT2D eigenvalue weighted by Gasteiger charge is 2.17. The molecule has 126 valence electrons. The summed E-state index contributed by atoms with van der Waals surface area (Å²) < 4.78 is 37.2. The average molecular weight is 345 g/mol. The molecule has 4 nitrogen and oxygen atoms in total. The van der Waals surface area contributed by atoms with Crippen molar-refractivity contribution < 1.29 is 13.2 Å². The number of halogens is 1. The molecular weight excluding hydrogens is 327 g/mol. The normalized spacial score (nSPS) is 16.5. The Morgan fingerprint density at radius 3 is 2.58 bits per heavy atom. The average Bonchev–Trinajstić information content (AvgIpc) is 3.01. The summed E-state index contributed by atoms with van der Waals surface area (Å²) >= 11 is -2.26. The van der Waals surface area contributed by atoms with E-state index in [1.807, 2.05) is 29.2 Å². The Morgan fingerprint density at radius 2 is 1.92 bits per heavy atom. The van der Waals surface area contributed by atoms with Gasteiger partial charge in [-0.1, -0.05) is 24.3 Å². The van der Waals surface area contributed by atoms with Gasteiger partial charge in [-0.25, -0.2) is 4.39 Å². The minimum atomic E-state index is -2.26. The van der Waals surface area contributed by atoms with Crippen LogP contribution < -0.4 is 4.90 Å². The maximum absolute atomic E-state index is 14.5. The number of nitrogens with zero attached hydrogens (tertiary/aromatic N) is 2. The van der Waals surface area contributed by atoms with E-state index in [-0.39, 0.29) is 5.82 Å². The molecule has 0 spiro atoms. The molecule has 0 bridgehead atoms. The van der Waals surface area contributed by atoms with Gasteiger partial charge in [-0.05, 0) is 47.3 Å². The van der Waals surface area contributed by atoms with Gasteiger partial charge in [0, 0.05) is 35.9 Å². The van der Waals surface area contributed by atoms with Gasteiger partial charge in [0.15, 0.2) is 0 Å². The highest BCUT2D eigenvalue weighted by molar-refractivity contribution is 7.79. The Balaban J connectivity index is 2.07. The fourth-order valence-electron chi connectivity index (χ4n) is 2.80. The second kappa shape index (κ2) is 6.75. The van der Waals surface area contributed by atoms with Crippen molar-refractivity contribution in [3.8, 4) is 11.1 Å². The molecule has 0 radical (unpaired) electrons. The van der Waals surface area contributed by atoms with Gasteiger partial charge in [-0.3, -0.25) is 4.21 Å². The fraction of sp³-hybridized carbons (Fsp3) is 0.222. The van der Waals surface area contributed by atoms with Crippen molar-refractivity contribution in [3.63, 3.8) is 0 Å². The first-order chi connectivity index (χ1) is 11.5. The number of benzene rings is 2. The lowest BCUT2D eigenvalue weighted by Gasteiger charge is -2.22. The summed E-state index contributed by atoms with van der Waals surface area (Å²) in [6.07, 6.45) is 3.87. The molecule has 3 rings (SSSR count). The smallest absolute Gasteiger partial charge is 0.131 e. The van der Waals surface area contributed by atoms with Crippen molar-refractivity contribution in [1.82, 2.24) is 4.90 Å². The first kappa shape index (κ1) is 16.7. The van der Waals surface area contributed by atoms with E-state index in [0.29, 0.717) is 23.4 Å². The zero-order chi connectivity index (χ0) is 17.3. The second-order valence-electron chi connectivity index (χ2n) is 5.82. The number of hydrogen-bond acceptors (Lipinski definition) is 4. The molecule has 0 amide bonds. The molecule has 0 saturated carbocycles. The Bertz CT molecular complexity index is 809. The third-order valence-corrected chi connectivity index (χ3v) is 4.97. The zero-order valence-electron chi connectivity index (χ0n) is 13.5. The van der Waals surface area contributed by atoms with Gasteiger partial charge in [-0.15, -0.1) is 0 Å². The van der Waals surface area contributed by atoms with Crippen LogP contribution in [0.2, 0.25) is 0 Å². The van der Waals surface area contributed by atoms with Gasteiger partial charge in [0.05, 0.1) is 6.67 Å². The lowest BCUT2D eigenvalue weighted by molar-refractivity contribution is 0.495. The van der Waals surface area contributed by atoms with Crippen LogP contribution in [-0.2, 0) is 11.1 Å². The van der Waals surface area contributed by atoms with Gasteiger partial charge >= 0.3 is 0 Å². The van der Waals surface area contributed by atoms with E-state index in [1.54, 1.807) is 43.3 Å². The van der Waals surface area contributed by atoms with Crippen LogP contribution in [0.3, 0.4) is 0 Å². The molecule has 1 aliphatic heterocycles. The molecule has 2 atom stereocenters. The predicted octanol–water partition coefficient (Wildman–Crippen LogP) is 3.61. The Kier molecular flexibility index (Phi) is 4.69. The Morgan fingerprint density at radius 1 is 1.17 bits per heavy atom. The molecule has 6 heteroatoms. The van der Waals surface area contributed by atoms with Gasteiger partial charge in [0.25, 0.3) is 0 Å². The van der Waals surface area contributed by atoms with Crippen LogP contribution in [0.1, 0.15) is 17.7 Å². The summed E-state index contributed by atoms with van der Waals surface area (Å²) in [6.45, 7) is 2.29. The standard InChI is InChI=1S/C18H19FN2O2S/c1-13(24(22)23)15-5-3-4-6-16(15)17-11-14(7-8-18(17)19)21-10-9-20(2)12-21/h3-11,13H,12H2,1-2H3,(H,22,23)/p-1. The monoisotopic (exact) mass is 345 g/mol. The number of rotatable bonds is 4. The lowest BCUT2D eigenvalue weighted by atomic mass is 9.97. The Labute approximate surface area is 143 Å². The van der Waals surface area contributed by atoms with E-state index >= 15 is 0 Å².